The molecule has 0 bridgehead atoms. The molecule has 5 nitrogen and oxygen atoms in total. The first-order valence-corrected chi connectivity index (χ1v) is 9.29. The number of ether oxygens (including phenoxy) is 2. The second-order valence-electron chi connectivity index (χ2n) is 6.94. The highest BCUT2D eigenvalue weighted by molar-refractivity contribution is 5.99. The number of aliphatic hydroxyl groups is 2. The summed E-state index contributed by atoms with van der Waals surface area (Å²) in [5.74, 6) is 2.15. The lowest BCUT2D eigenvalue weighted by molar-refractivity contribution is 0.154. The maximum Gasteiger partial charge on any atom is 0.240 e. The quantitative estimate of drug-likeness (QED) is 0.620. The fraction of sp³-hybridized carbons (Fsp3) is 0.217. The van der Waals surface area contributed by atoms with Crippen molar-refractivity contribution in [2.24, 2.45) is 0 Å². The van der Waals surface area contributed by atoms with Crippen molar-refractivity contribution in [1.29, 1.82) is 0 Å². The van der Waals surface area contributed by atoms with Gasteiger partial charge in [0.1, 0.15) is 18.1 Å². The van der Waals surface area contributed by atoms with E-state index in [-0.39, 0.29) is 5.76 Å². The van der Waals surface area contributed by atoms with E-state index in [2.05, 4.69) is 19.2 Å². The Labute approximate surface area is 164 Å². The summed E-state index contributed by atoms with van der Waals surface area (Å²) in [6.45, 7) is 6.86. The second-order valence-corrected chi connectivity index (χ2v) is 6.94. The maximum atomic E-state index is 10.0. The largest absolute Gasteiger partial charge is 0.507 e. The predicted octanol–water partition coefficient (Wildman–Crippen LogP) is 4.97. The molecule has 0 radical (unpaired) electrons. The van der Waals surface area contributed by atoms with Gasteiger partial charge >= 0.3 is 0 Å². The molecule has 0 fully saturated rings. The Morgan fingerprint density at radius 3 is 2.50 bits per heavy atom. The molecular weight excluding hydrogens is 354 g/mol. The van der Waals surface area contributed by atoms with Gasteiger partial charge in [-0.05, 0) is 72.9 Å². The van der Waals surface area contributed by atoms with E-state index in [1.165, 1.54) is 0 Å². The molecule has 28 heavy (non-hydrogen) atoms. The second kappa shape index (κ2) is 7.00. The fourth-order valence-electron chi connectivity index (χ4n) is 3.68. The molecular formula is C23H23NO4. The monoisotopic (exact) mass is 377 g/mol. The Hall–Kier alpha value is -3.34. The van der Waals surface area contributed by atoms with E-state index < -0.39 is 0 Å². The lowest BCUT2D eigenvalue weighted by Crippen LogP contribution is -2.29. The summed E-state index contributed by atoms with van der Waals surface area (Å²) >= 11 is 0. The van der Waals surface area contributed by atoms with Crippen LogP contribution in [0.25, 0.3) is 23.0 Å². The van der Waals surface area contributed by atoms with E-state index in [1.807, 2.05) is 30.3 Å². The van der Waals surface area contributed by atoms with Gasteiger partial charge < -0.3 is 25.0 Å². The smallest absolute Gasteiger partial charge is 0.240 e. The predicted molar refractivity (Wildman–Crippen MR) is 110 cm³/mol. The number of rotatable bonds is 6. The third-order valence-corrected chi connectivity index (χ3v) is 5.00. The highest BCUT2D eigenvalue weighted by atomic mass is 16.5. The summed E-state index contributed by atoms with van der Waals surface area (Å²) < 4.78 is 11.1. The lowest BCUT2D eigenvalue weighted by Gasteiger charge is -2.24. The van der Waals surface area contributed by atoms with Crippen molar-refractivity contribution in [3.8, 4) is 16.9 Å². The van der Waals surface area contributed by atoms with E-state index in [0.29, 0.717) is 30.6 Å². The minimum absolute atomic E-state index is 0.148. The molecule has 1 aliphatic heterocycles. The Kier molecular flexibility index (Phi) is 4.51. The molecule has 0 aromatic heterocycles. The number of aryl methyl sites for hydroxylation is 2. The van der Waals surface area contributed by atoms with Crippen molar-refractivity contribution in [2.75, 3.05) is 13.2 Å². The van der Waals surface area contributed by atoms with Crippen molar-refractivity contribution in [1.82, 2.24) is 5.32 Å². The number of allylic oxidation sites excluding steroid dienone is 1. The number of hydrogen-bond acceptors (Lipinski definition) is 5. The molecule has 0 saturated carbocycles. The van der Waals surface area contributed by atoms with Crippen LogP contribution in [0.2, 0.25) is 0 Å². The van der Waals surface area contributed by atoms with Crippen molar-refractivity contribution in [3.63, 3.8) is 0 Å². The van der Waals surface area contributed by atoms with Gasteiger partial charge in [0.05, 0.1) is 6.54 Å². The van der Waals surface area contributed by atoms with Crippen LogP contribution in [0.5, 0.6) is 5.75 Å². The zero-order chi connectivity index (χ0) is 19.8. The normalized spacial score (nSPS) is 16.0. The minimum Gasteiger partial charge on any atom is -0.507 e. The fourth-order valence-corrected chi connectivity index (χ4v) is 3.68. The molecule has 4 rings (SSSR count). The first kappa shape index (κ1) is 18.0. The number of nitrogens with one attached hydrogen (secondary N) is 1. The van der Waals surface area contributed by atoms with Crippen LogP contribution in [-0.4, -0.2) is 23.4 Å². The van der Waals surface area contributed by atoms with Crippen molar-refractivity contribution >= 4 is 11.8 Å². The number of fused-ring (bicyclic) bond motifs is 1. The molecule has 5 heteroatoms. The summed E-state index contributed by atoms with van der Waals surface area (Å²) in [6, 6.07) is 10.1. The number of benzene rings is 2. The van der Waals surface area contributed by atoms with Gasteiger partial charge in [-0.1, -0.05) is 18.2 Å². The Morgan fingerprint density at radius 1 is 1.11 bits per heavy atom. The van der Waals surface area contributed by atoms with Crippen LogP contribution in [0.3, 0.4) is 0 Å². The van der Waals surface area contributed by atoms with Gasteiger partial charge in [0.25, 0.3) is 0 Å². The molecule has 0 unspecified atom stereocenters. The van der Waals surface area contributed by atoms with E-state index in [9.17, 15) is 10.2 Å². The van der Waals surface area contributed by atoms with E-state index >= 15 is 0 Å². The maximum absolute atomic E-state index is 10.0. The lowest BCUT2D eigenvalue weighted by atomic mass is 9.84. The van der Waals surface area contributed by atoms with Crippen molar-refractivity contribution < 1.29 is 19.7 Å². The van der Waals surface area contributed by atoms with Crippen LogP contribution >= 0.6 is 0 Å². The third kappa shape index (κ3) is 2.99. The average Bonchev–Trinajstić information content (AvgIpc) is 2.65. The molecule has 0 saturated heterocycles. The molecule has 1 heterocycles. The summed E-state index contributed by atoms with van der Waals surface area (Å²) in [6.07, 6.45) is 3.49. The van der Waals surface area contributed by atoms with Crippen LogP contribution in [-0.2, 0) is 4.74 Å². The topological polar surface area (TPSA) is 71.0 Å². The molecule has 3 N–H and O–H groups in total. The van der Waals surface area contributed by atoms with Gasteiger partial charge in [0.15, 0.2) is 5.76 Å². The Bertz CT molecular complexity index is 1020. The molecule has 2 aromatic rings. The van der Waals surface area contributed by atoms with Gasteiger partial charge in [-0.2, -0.15) is 0 Å². The highest BCUT2D eigenvalue weighted by Gasteiger charge is 2.24. The van der Waals surface area contributed by atoms with Crippen molar-refractivity contribution in [2.45, 2.75) is 20.8 Å². The van der Waals surface area contributed by atoms with Crippen LogP contribution in [0, 0.1) is 13.8 Å². The first-order valence-electron chi connectivity index (χ1n) is 9.29. The van der Waals surface area contributed by atoms with Gasteiger partial charge in [-0.3, -0.25) is 0 Å². The summed E-state index contributed by atoms with van der Waals surface area (Å²) in [5.41, 5.74) is 6.34. The van der Waals surface area contributed by atoms with E-state index in [4.69, 9.17) is 9.47 Å². The van der Waals surface area contributed by atoms with Gasteiger partial charge in [-0.25, -0.2) is 0 Å². The summed E-state index contributed by atoms with van der Waals surface area (Å²) in [7, 11) is 0. The zero-order valence-corrected chi connectivity index (χ0v) is 16.2. The molecule has 2 aromatic carbocycles. The first-order chi connectivity index (χ1) is 13.5. The van der Waals surface area contributed by atoms with Gasteiger partial charge in [-0.15, -0.1) is 0 Å². The standard InChI is InChI=1S/C23H23NO4/c1-4-19-22(26)23(28-19)24-8-9-27-16-10-13(2)20(14(3)11-16)17-7-5-6-15-12-18(25)21(15)17/h4-7,10-12,24-26H,8-9H2,1-3H3/b19-4+. The third-order valence-electron chi connectivity index (χ3n) is 5.00. The molecule has 2 aliphatic rings. The van der Waals surface area contributed by atoms with Crippen LogP contribution in [0.1, 0.15) is 29.2 Å². The summed E-state index contributed by atoms with van der Waals surface area (Å²) in [5, 5.41) is 22.8. The highest BCUT2D eigenvalue weighted by Crippen LogP contribution is 2.41. The average molecular weight is 377 g/mol. The Balaban J connectivity index is 1.44. The Morgan fingerprint density at radius 2 is 1.86 bits per heavy atom. The molecule has 144 valence electrons. The van der Waals surface area contributed by atoms with E-state index in [0.717, 1.165) is 39.1 Å². The van der Waals surface area contributed by atoms with Crippen LogP contribution in [0.4, 0.5) is 0 Å². The van der Waals surface area contributed by atoms with E-state index in [1.54, 1.807) is 19.1 Å². The van der Waals surface area contributed by atoms with Gasteiger partial charge in [0.2, 0.25) is 11.6 Å². The summed E-state index contributed by atoms with van der Waals surface area (Å²) in [4.78, 5) is 0. The number of hydrogen-bond donors (Lipinski definition) is 3. The van der Waals surface area contributed by atoms with Crippen LogP contribution in [0.15, 0.2) is 53.8 Å². The molecule has 0 amide bonds. The van der Waals surface area contributed by atoms with Gasteiger partial charge in [0, 0.05) is 5.56 Å². The molecule has 1 aliphatic carbocycles. The molecule has 0 spiro atoms. The number of aliphatic hydroxyl groups excluding tert-OH is 2. The zero-order valence-electron chi connectivity index (χ0n) is 16.2. The SMILES string of the molecule is C/C=C1/OC(NCCOc2cc(C)c(-c3cccc4c3C(O)=C4)c(C)c2)=C1O. The molecule has 0 atom stereocenters. The minimum atomic E-state index is 0.148. The van der Waals surface area contributed by atoms with Crippen molar-refractivity contribution in [3.05, 3.63) is 76.1 Å². The van der Waals surface area contributed by atoms with Crippen LogP contribution < -0.4 is 10.1 Å².